The zero-order chi connectivity index (χ0) is 23.9. The Morgan fingerprint density at radius 3 is 2.24 bits per heavy atom. The molecule has 3 nitrogen and oxygen atoms in total. The van der Waals surface area contributed by atoms with Gasteiger partial charge in [-0.25, -0.2) is 0 Å². The molecule has 0 saturated carbocycles. The van der Waals surface area contributed by atoms with Gasteiger partial charge in [0.25, 0.3) is 0 Å². The number of ether oxygens (including phenoxy) is 1. The number of likely N-dealkylation sites (tertiary alicyclic amines) is 1. The highest BCUT2D eigenvalue weighted by atomic mass is 19.4. The lowest BCUT2D eigenvalue weighted by molar-refractivity contribution is -0.274. The minimum atomic E-state index is -4.73. The normalized spacial score (nSPS) is 18.8. The number of benzene rings is 2. The van der Waals surface area contributed by atoms with Gasteiger partial charge in [0.15, 0.2) is 0 Å². The lowest BCUT2D eigenvalue weighted by Gasteiger charge is -2.39. The summed E-state index contributed by atoms with van der Waals surface area (Å²) in [6.07, 6.45) is -3.76. The van der Waals surface area contributed by atoms with Gasteiger partial charge in [-0.05, 0) is 67.4 Å². The summed E-state index contributed by atoms with van der Waals surface area (Å²) in [6, 6.07) is 9.57. The summed E-state index contributed by atoms with van der Waals surface area (Å²) < 4.78 is 80.2. The smallest absolute Gasteiger partial charge is 0.406 e. The Hall–Kier alpha value is -2.68. The van der Waals surface area contributed by atoms with Gasteiger partial charge in [-0.1, -0.05) is 24.3 Å². The van der Waals surface area contributed by atoms with Crippen molar-refractivity contribution in [2.24, 2.45) is 0 Å². The minimum absolute atomic E-state index is 0.196. The van der Waals surface area contributed by atoms with Gasteiger partial charge >= 0.3 is 12.5 Å². The fraction of sp³-hybridized carbons (Fsp3) is 0.417. The maximum atomic E-state index is 12.7. The Kier molecular flexibility index (Phi) is 6.11. The van der Waals surface area contributed by atoms with Crippen LogP contribution in [0.5, 0.6) is 5.75 Å². The van der Waals surface area contributed by atoms with Crippen LogP contribution in [0.25, 0.3) is 6.08 Å². The summed E-state index contributed by atoms with van der Waals surface area (Å²) in [6.45, 7) is 2.94. The van der Waals surface area contributed by atoms with E-state index in [2.05, 4.69) is 14.5 Å². The molecule has 0 atom stereocenters. The molecule has 0 unspecified atom stereocenters. The van der Waals surface area contributed by atoms with Crippen LogP contribution in [-0.4, -0.2) is 44.5 Å². The van der Waals surface area contributed by atoms with Gasteiger partial charge < -0.3 is 9.64 Å². The number of piperidine rings is 1. The fourth-order valence-electron chi connectivity index (χ4n) is 4.81. The van der Waals surface area contributed by atoms with E-state index in [4.69, 9.17) is 0 Å². The largest absolute Gasteiger partial charge is 0.573 e. The van der Waals surface area contributed by atoms with E-state index in [0.717, 1.165) is 55.9 Å². The minimum Gasteiger partial charge on any atom is -0.406 e. The highest BCUT2D eigenvalue weighted by Crippen LogP contribution is 2.48. The average molecular weight is 470 g/mol. The molecular weight excluding hydrogens is 446 g/mol. The average Bonchev–Trinajstić information content (AvgIpc) is 2.99. The Balaban J connectivity index is 1.38. The monoisotopic (exact) mass is 470 g/mol. The second-order valence-electron chi connectivity index (χ2n) is 8.69. The van der Waals surface area contributed by atoms with Gasteiger partial charge in [0.1, 0.15) is 5.75 Å². The Morgan fingerprint density at radius 2 is 1.64 bits per heavy atom. The van der Waals surface area contributed by atoms with Crippen LogP contribution in [0, 0.1) is 0 Å². The van der Waals surface area contributed by atoms with Crippen molar-refractivity contribution in [2.75, 3.05) is 38.1 Å². The van der Waals surface area contributed by atoms with Crippen molar-refractivity contribution in [1.82, 2.24) is 4.90 Å². The molecule has 1 saturated heterocycles. The molecule has 1 fully saturated rings. The van der Waals surface area contributed by atoms with Crippen molar-refractivity contribution in [3.8, 4) is 5.75 Å². The van der Waals surface area contributed by atoms with Gasteiger partial charge in [0, 0.05) is 31.2 Å². The first kappa shape index (κ1) is 23.5. The molecule has 0 aliphatic carbocycles. The number of likely N-dealkylation sites (N-methyl/N-ethyl adjacent to an activating group) is 1. The summed E-state index contributed by atoms with van der Waals surface area (Å²) >= 11 is 0. The summed E-state index contributed by atoms with van der Waals surface area (Å²) in [5, 5.41) is 0. The maximum Gasteiger partial charge on any atom is 0.573 e. The molecule has 2 aromatic rings. The number of hydrogen-bond acceptors (Lipinski definition) is 3. The number of hydrogen-bond donors (Lipinski definition) is 0. The van der Waals surface area contributed by atoms with Crippen LogP contribution in [0.4, 0.5) is 32.0 Å². The maximum absolute atomic E-state index is 12.7. The molecule has 2 aromatic carbocycles. The van der Waals surface area contributed by atoms with Crippen LogP contribution in [0.3, 0.4) is 0 Å². The second-order valence-corrected chi connectivity index (χ2v) is 8.69. The van der Waals surface area contributed by atoms with Crippen molar-refractivity contribution < 1.29 is 31.1 Å². The van der Waals surface area contributed by atoms with Crippen molar-refractivity contribution in [2.45, 2.75) is 30.8 Å². The molecule has 2 aliphatic heterocycles. The van der Waals surface area contributed by atoms with E-state index in [0.29, 0.717) is 12.1 Å². The predicted octanol–water partition coefficient (Wildman–Crippen LogP) is 6.10. The number of rotatable bonds is 4. The molecule has 0 amide bonds. The molecular formula is C24H24F6N2O. The molecule has 9 heteroatoms. The summed E-state index contributed by atoms with van der Waals surface area (Å²) in [4.78, 5) is 4.31. The van der Waals surface area contributed by atoms with Crippen molar-refractivity contribution >= 4 is 11.8 Å². The third-order valence-electron chi connectivity index (χ3n) is 6.45. The zero-order valence-corrected chi connectivity index (χ0v) is 18.0. The highest BCUT2D eigenvalue weighted by molar-refractivity contribution is 5.64. The SMILES string of the molecule is CN1CC2(CCN(C/C=C/c3ccc(C(F)(F)F)cc3)CC2)c2cc(OC(F)(F)F)ccc21. The van der Waals surface area contributed by atoms with Crippen LogP contribution in [0.2, 0.25) is 0 Å². The van der Waals surface area contributed by atoms with E-state index in [-0.39, 0.29) is 11.2 Å². The number of fused-ring (bicyclic) bond motifs is 2. The van der Waals surface area contributed by atoms with Gasteiger partial charge in [0.05, 0.1) is 5.56 Å². The fourth-order valence-corrected chi connectivity index (χ4v) is 4.81. The third-order valence-corrected chi connectivity index (χ3v) is 6.45. The van der Waals surface area contributed by atoms with E-state index >= 15 is 0 Å². The molecule has 178 valence electrons. The zero-order valence-electron chi connectivity index (χ0n) is 18.0. The van der Waals surface area contributed by atoms with E-state index in [9.17, 15) is 26.3 Å². The topological polar surface area (TPSA) is 15.7 Å². The van der Waals surface area contributed by atoms with Crippen LogP contribution in [-0.2, 0) is 11.6 Å². The summed E-state index contributed by atoms with van der Waals surface area (Å²) in [7, 11) is 1.94. The van der Waals surface area contributed by atoms with Crippen LogP contribution >= 0.6 is 0 Å². The number of alkyl halides is 6. The van der Waals surface area contributed by atoms with Gasteiger partial charge in [0.2, 0.25) is 0 Å². The van der Waals surface area contributed by atoms with Gasteiger partial charge in [-0.15, -0.1) is 13.2 Å². The van der Waals surface area contributed by atoms with Crippen LogP contribution in [0.15, 0.2) is 48.5 Å². The first-order chi connectivity index (χ1) is 15.5. The van der Waals surface area contributed by atoms with Crippen LogP contribution < -0.4 is 9.64 Å². The first-order valence-electron chi connectivity index (χ1n) is 10.6. The lowest BCUT2D eigenvalue weighted by Crippen LogP contribution is -2.44. The number of anilines is 1. The van der Waals surface area contributed by atoms with Crippen molar-refractivity contribution in [3.63, 3.8) is 0 Å². The molecule has 0 aromatic heterocycles. The van der Waals surface area contributed by atoms with Crippen LogP contribution in [0.1, 0.15) is 29.5 Å². The standard InChI is InChI=1S/C24H24F6N2O/c1-31-16-22(20-15-19(8-9-21(20)31)33-24(28,29)30)10-13-32(14-11-22)12-2-3-17-4-6-18(7-5-17)23(25,26)27/h2-9,15H,10-14,16H2,1H3/b3-2+. The Morgan fingerprint density at radius 1 is 0.970 bits per heavy atom. The lowest BCUT2D eigenvalue weighted by atomic mass is 9.74. The van der Waals surface area contributed by atoms with Gasteiger partial charge in [-0.3, -0.25) is 4.90 Å². The Labute approximate surface area is 188 Å². The first-order valence-corrected chi connectivity index (χ1v) is 10.6. The summed E-state index contributed by atoms with van der Waals surface area (Å²) in [5.41, 5.74) is 1.63. The van der Waals surface area contributed by atoms with E-state index in [1.54, 1.807) is 12.1 Å². The Bertz CT molecular complexity index is 1010. The number of nitrogens with zero attached hydrogens (tertiary/aromatic N) is 2. The van der Waals surface area contributed by atoms with E-state index < -0.39 is 18.1 Å². The quantitative estimate of drug-likeness (QED) is 0.502. The molecule has 0 radical (unpaired) electrons. The molecule has 33 heavy (non-hydrogen) atoms. The molecule has 2 heterocycles. The molecule has 0 bridgehead atoms. The molecule has 1 spiro atoms. The second kappa shape index (κ2) is 8.59. The number of halogens is 6. The van der Waals surface area contributed by atoms with E-state index in [1.165, 1.54) is 24.3 Å². The van der Waals surface area contributed by atoms with Gasteiger partial charge in [-0.2, -0.15) is 13.2 Å². The molecule has 2 aliphatic rings. The highest BCUT2D eigenvalue weighted by Gasteiger charge is 2.44. The summed E-state index contributed by atoms with van der Waals surface area (Å²) in [5.74, 6) is -0.196. The van der Waals surface area contributed by atoms with Crippen molar-refractivity contribution in [1.29, 1.82) is 0 Å². The molecule has 4 rings (SSSR count). The van der Waals surface area contributed by atoms with E-state index in [1.807, 2.05) is 13.1 Å². The molecule has 0 N–H and O–H groups in total. The van der Waals surface area contributed by atoms with Crippen molar-refractivity contribution in [3.05, 3.63) is 65.2 Å². The third kappa shape index (κ3) is 5.29. The predicted molar refractivity (Wildman–Crippen MR) is 114 cm³/mol.